The van der Waals surface area contributed by atoms with E-state index in [0.29, 0.717) is 33.0 Å². The van der Waals surface area contributed by atoms with Crippen molar-refractivity contribution in [3.63, 3.8) is 0 Å². The van der Waals surface area contributed by atoms with Crippen LogP contribution in [0.2, 0.25) is 0 Å². The quantitative estimate of drug-likeness (QED) is 0.326. The van der Waals surface area contributed by atoms with Gasteiger partial charge in [-0.05, 0) is 45.5 Å². The maximum atomic E-state index is 10.3. The monoisotopic (exact) mass is 474 g/mol. The van der Waals surface area contributed by atoms with Crippen LogP contribution in [0.1, 0.15) is 52.0 Å². The van der Waals surface area contributed by atoms with Crippen molar-refractivity contribution in [1.29, 1.82) is 0 Å². The second-order valence-corrected chi connectivity index (χ2v) is 8.36. The molecule has 0 spiro atoms. The molecule has 0 radical (unpaired) electrons. The van der Waals surface area contributed by atoms with Gasteiger partial charge in [-0.2, -0.15) is 0 Å². The zero-order valence-electron chi connectivity index (χ0n) is 17.9. The van der Waals surface area contributed by atoms with Gasteiger partial charge in [-0.25, -0.2) is 4.79 Å². The lowest BCUT2D eigenvalue weighted by Gasteiger charge is -2.26. The largest absolute Gasteiger partial charge is 0.490 e. The fourth-order valence-corrected chi connectivity index (χ4v) is 3.30. The maximum Gasteiger partial charge on any atom is 0.329 e. The first-order valence-electron chi connectivity index (χ1n) is 10.2. The molecule has 0 heterocycles. The summed E-state index contributed by atoms with van der Waals surface area (Å²) in [5.41, 5.74) is 1.46. The number of carboxylic acids is 1. The molecule has 1 N–H and O–H groups in total. The second kappa shape index (κ2) is 14.8. The Kier molecular flexibility index (Phi) is 13.2. The molecule has 0 unspecified atom stereocenters. The van der Waals surface area contributed by atoms with Crippen molar-refractivity contribution in [2.75, 3.05) is 46.2 Å². The summed E-state index contributed by atoms with van der Waals surface area (Å²) in [6.45, 7) is 8.93. The van der Waals surface area contributed by atoms with Crippen molar-refractivity contribution in [3.8, 4) is 5.75 Å². The van der Waals surface area contributed by atoms with Crippen LogP contribution < -0.4 is 4.74 Å². The lowest BCUT2D eigenvalue weighted by molar-refractivity contribution is -0.142. The normalized spacial score (nSPS) is 11.6. The van der Waals surface area contributed by atoms with Gasteiger partial charge in [0.05, 0.1) is 37.5 Å². The Morgan fingerprint density at radius 1 is 1.00 bits per heavy atom. The van der Waals surface area contributed by atoms with Crippen LogP contribution in [0.15, 0.2) is 22.7 Å². The summed E-state index contributed by atoms with van der Waals surface area (Å²) in [6.07, 6.45) is 4.93. The number of hydrogen-bond acceptors (Lipinski definition) is 5. The van der Waals surface area contributed by atoms with E-state index in [1.807, 2.05) is 6.07 Å². The van der Waals surface area contributed by atoms with Crippen molar-refractivity contribution in [2.45, 2.75) is 51.9 Å². The zero-order chi connectivity index (χ0) is 21.5. The fourth-order valence-electron chi connectivity index (χ4n) is 2.81. The molecule has 0 saturated carbocycles. The first-order valence-corrected chi connectivity index (χ1v) is 11.0. The highest BCUT2D eigenvalue weighted by Crippen LogP contribution is 2.34. The van der Waals surface area contributed by atoms with E-state index in [2.05, 4.69) is 48.8 Å². The van der Waals surface area contributed by atoms with E-state index >= 15 is 0 Å². The Labute approximate surface area is 183 Å². The standard InChI is InChI=1S/C22H35BrO6/c1-4-5-6-9-22(2,3)18-7-8-20(19(23)16-18)29-15-14-27-11-10-26-12-13-28-17-21(24)25/h7-8,16H,4-6,9-15,17H2,1-3H3,(H,24,25). The molecular formula is C22H35BrO6. The number of unbranched alkanes of at least 4 members (excludes halogenated alkanes) is 2. The molecule has 0 aliphatic heterocycles. The molecule has 29 heavy (non-hydrogen) atoms. The number of carboxylic acid groups (broad SMARTS) is 1. The Balaban J connectivity index is 2.19. The summed E-state index contributed by atoms with van der Waals surface area (Å²) < 4.78 is 22.4. The Morgan fingerprint density at radius 3 is 2.21 bits per heavy atom. The molecule has 0 aromatic heterocycles. The van der Waals surface area contributed by atoms with Crippen molar-refractivity contribution >= 4 is 21.9 Å². The number of carbonyl (C=O) groups is 1. The van der Waals surface area contributed by atoms with Crippen LogP contribution in [-0.2, 0) is 24.4 Å². The molecule has 1 rings (SSSR count). The third kappa shape index (κ3) is 11.6. The van der Waals surface area contributed by atoms with Gasteiger partial charge in [0.1, 0.15) is 19.0 Å². The molecule has 7 heteroatoms. The van der Waals surface area contributed by atoms with Crippen LogP contribution in [0.5, 0.6) is 5.75 Å². The van der Waals surface area contributed by atoms with Crippen molar-refractivity contribution in [3.05, 3.63) is 28.2 Å². The van der Waals surface area contributed by atoms with E-state index in [1.165, 1.54) is 31.2 Å². The van der Waals surface area contributed by atoms with E-state index in [4.69, 9.17) is 24.1 Å². The SMILES string of the molecule is CCCCCC(C)(C)c1ccc(OCCOCCOCCOCC(=O)O)c(Br)c1. The van der Waals surface area contributed by atoms with E-state index < -0.39 is 5.97 Å². The van der Waals surface area contributed by atoms with Crippen LogP contribution in [0.3, 0.4) is 0 Å². The second-order valence-electron chi connectivity index (χ2n) is 7.51. The first-order chi connectivity index (χ1) is 13.9. The average molecular weight is 475 g/mol. The van der Waals surface area contributed by atoms with Gasteiger partial charge in [0.2, 0.25) is 0 Å². The van der Waals surface area contributed by atoms with Gasteiger partial charge in [0.25, 0.3) is 0 Å². The Bertz CT molecular complexity index is 591. The van der Waals surface area contributed by atoms with Gasteiger partial charge < -0.3 is 24.1 Å². The topological polar surface area (TPSA) is 74.2 Å². The van der Waals surface area contributed by atoms with Crippen molar-refractivity contribution in [1.82, 2.24) is 0 Å². The lowest BCUT2D eigenvalue weighted by Crippen LogP contribution is -2.17. The molecule has 166 valence electrons. The molecule has 1 aromatic rings. The molecule has 0 aliphatic rings. The van der Waals surface area contributed by atoms with E-state index in [0.717, 1.165) is 10.2 Å². The minimum absolute atomic E-state index is 0.151. The van der Waals surface area contributed by atoms with E-state index in [9.17, 15) is 4.79 Å². The predicted octanol–water partition coefficient (Wildman–Crippen LogP) is 4.82. The number of hydrogen-bond donors (Lipinski definition) is 1. The summed E-state index contributed by atoms with van der Waals surface area (Å²) in [4.78, 5) is 10.3. The van der Waals surface area contributed by atoms with Crippen LogP contribution in [-0.4, -0.2) is 57.3 Å². The summed E-state index contributed by atoms with van der Waals surface area (Å²) in [5, 5.41) is 8.42. The van der Waals surface area contributed by atoms with Crippen molar-refractivity contribution in [2.24, 2.45) is 0 Å². The molecule has 6 nitrogen and oxygen atoms in total. The van der Waals surface area contributed by atoms with E-state index in [-0.39, 0.29) is 18.6 Å². The molecule has 0 aliphatic carbocycles. The highest BCUT2D eigenvalue weighted by Gasteiger charge is 2.21. The van der Waals surface area contributed by atoms with Crippen LogP contribution in [0.25, 0.3) is 0 Å². The number of ether oxygens (including phenoxy) is 4. The third-order valence-corrected chi connectivity index (χ3v) is 5.19. The van der Waals surface area contributed by atoms with Gasteiger partial charge in [-0.1, -0.05) is 46.1 Å². The number of benzene rings is 1. The first kappa shape index (κ1) is 25.9. The highest BCUT2D eigenvalue weighted by atomic mass is 79.9. The molecule has 0 bridgehead atoms. The number of rotatable bonds is 17. The van der Waals surface area contributed by atoms with E-state index in [1.54, 1.807) is 0 Å². The summed E-state index contributed by atoms with van der Waals surface area (Å²) in [6, 6.07) is 6.32. The van der Waals surface area contributed by atoms with Crippen LogP contribution in [0.4, 0.5) is 0 Å². The Morgan fingerprint density at radius 2 is 1.62 bits per heavy atom. The number of aliphatic carboxylic acids is 1. The van der Waals surface area contributed by atoms with Gasteiger partial charge in [-0.3, -0.25) is 0 Å². The smallest absolute Gasteiger partial charge is 0.329 e. The molecule has 0 amide bonds. The predicted molar refractivity (Wildman–Crippen MR) is 117 cm³/mol. The number of halogens is 1. The third-order valence-electron chi connectivity index (χ3n) is 4.57. The minimum Gasteiger partial charge on any atom is -0.490 e. The molecular weight excluding hydrogens is 440 g/mol. The fraction of sp³-hybridized carbons (Fsp3) is 0.682. The molecule has 0 fully saturated rings. The summed E-state index contributed by atoms with van der Waals surface area (Å²) in [5.74, 6) is -0.168. The minimum atomic E-state index is -0.981. The molecule has 1 aromatic carbocycles. The lowest BCUT2D eigenvalue weighted by atomic mass is 9.80. The highest BCUT2D eigenvalue weighted by molar-refractivity contribution is 9.10. The van der Waals surface area contributed by atoms with Crippen molar-refractivity contribution < 1.29 is 28.8 Å². The maximum absolute atomic E-state index is 10.3. The summed E-state index contributed by atoms with van der Waals surface area (Å²) >= 11 is 3.62. The molecule has 0 saturated heterocycles. The van der Waals surface area contributed by atoms with Gasteiger partial charge in [0.15, 0.2) is 0 Å². The Hall–Kier alpha value is -1.15. The zero-order valence-corrected chi connectivity index (χ0v) is 19.5. The van der Waals surface area contributed by atoms with Crippen LogP contribution in [0, 0.1) is 0 Å². The van der Waals surface area contributed by atoms with Gasteiger partial charge in [-0.15, -0.1) is 0 Å². The summed E-state index contributed by atoms with van der Waals surface area (Å²) in [7, 11) is 0. The van der Waals surface area contributed by atoms with Crippen LogP contribution >= 0.6 is 15.9 Å². The molecule has 0 atom stereocenters. The van der Waals surface area contributed by atoms with Gasteiger partial charge in [0, 0.05) is 0 Å². The van der Waals surface area contributed by atoms with Gasteiger partial charge >= 0.3 is 5.97 Å². The average Bonchev–Trinajstić information content (AvgIpc) is 2.67.